The van der Waals surface area contributed by atoms with Gasteiger partial charge in [0, 0.05) is 61.9 Å². The Bertz CT molecular complexity index is 1170. The van der Waals surface area contributed by atoms with Crippen LogP contribution in [0, 0.1) is 0 Å². The van der Waals surface area contributed by atoms with Gasteiger partial charge in [-0.25, -0.2) is 0 Å². The molecule has 1 aromatic heterocycles. The summed E-state index contributed by atoms with van der Waals surface area (Å²) >= 11 is 0. The Hall–Kier alpha value is -3.69. The van der Waals surface area contributed by atoms with Crippen molar-refractivity contribution in [3.05, 3.63) is 77.9 Å². The fourth-order valence-corrected chi connectivity index (χ4v) is 4.76. The number of rotatable bonds is 10. The van der Waals surface area contributed by atoms with E-state index in [0.29, 0.717) is 44.4 Å². The third-order valence-corrected chi connectivity index (χ3v) is 7.09. The Morgan fingerprint density at radius 2 is 1.84 bits per heavy atom. The molecule has 2 aromatic rings. The lowest BCUT2D eigenvalue weighted by Crippen LogP contribution is -2.45. The molecule has 202 valence electrons. The molecule has 1 amide bonds. The average molecular weight is 518 g/mol. The van der Waals surface area contributed by atoms with Crippen LogP contribution in [-0.2, 0) is 4.74 Å². The highest BCUT2D eigenvalue weighted by Crippen LogP contribution is 2.37. The van der Waals surface area contributed by atoms with E-state index in [1.54, 1.807) is 12.4 Å². The van der Waals surface area contributed by atoms with Gasteiger partial charge in [0.2, 0.25) is 0 Å². The monoisotopic (exact) mass is 517 g/mol. The lowest BCUT2D eigenvalue weighted by molar-refractivity contribution is 0.0675. The molecule has 2 aliphatic heterocycles. The SMILES string of the molecule is C=C(C1=C(N=C(N)N2CCOCC2)N(c2ccncc2)CC1)c1cccc(C(=O)NCCN(CC)CC)c1. The topological polar surface area (TPSA) is 99.3 Å². The summed E-state index contributed by atoms with van der Waals surface area (Å²) in [5, 5.41) is 3.04. The summed E-state index contributed by atoms with van der Waals surface area (Å²) in [4.78, 5) is 28.4. The Labute approximate surface area is 225 Å². The number of ether oxygens (including phenoxy) is 1. The zero-order valence-electron chi connectivity index (χ0n) is 22.5. The smallest absolute Gasteiger partial charge is 0.251 e. The van der Waals surface area contributed by atoms with Crippen LogP contribution >= 0.6 is 0 Å². The number of nitrogens with two attached hydrogens (primary N) is 1. The number of pyridine rings is 1. The summed E-state index contributed by atoms with van der Waals surface area (Å²) in [6, 6.07) is 11.6. The van der Waals surface area contributed by atoms with Crippen molar-refractivity contribution < 1.29 is 9.53 Å². The van der Waals surface area contributed by atoms with Crippen molar-refractivity contribution >= 4 is 23.1 Å². The molecule has 1 saturated heterocycles. The predicted octanol–water partition coefficient (Wildman–Crippen LogP) is 2.94. The van der Waals surface area contributed by atoms with Crippen molar-refractivity contribution in [2.24, 2.45) is 10.7 Å². The number of nitrogens with zero attached hydrogens (tertiary/aromatic N) is 5. The number of amides is 1. The number of aliphatic imine (C=N–C) groups is 1. The van der Waals surface area contributed by atoms with Gasteiger partial charge in [-0.15, -0.1) is 0 Å². The highest BCUT2D eigenvalue weighted by atomic mass is 16.5. The van der Waals surface area contributed by atoms with Gasteiger partial charge in [0.1, 0.15) is 5.82 Å². The second-order valence-corrected chi connectivity index (χ2v) is 9.32. The van der Waals surface area contributed by atoms with Gasteiger partial charge in [0.15, 0.2) is 5.96 Å². The molecule has 0 aliphatic carbocycles. The number of benzene rings is 1. The quantitative estimate of drug-likeness (QED) is 0.369. The summed E-state index contributed by atoms with van der Waals surface area (Å²) in [7, 11) is 0. The Kier molecular flexibility index (Phi) is 9.51. The number of allylic oxidation sites excluding steroid dienone is 1. The van der Waals surface area contributed by atoms with Gasteiger partial charge in [0.05, 0.1) is 13.2 Å². The van der Waals surface area contributed by atoms with Crippen LogP contribution in [0.25, 0.3) is 5.57 Å². The van der Waals surface area contributed by atoms with Crippen LogP contribution < -0.4 is 16.0 Å². The highest BCUT2D eigenvalue weighted by molar-refractivity contribution is 5.95. The number of carbonyl (C=O) groups excluding carboxylic acids is 1. The summed E-state index contributed by atoms with van der Waals surface area (Å²) in [5.41, 5.74) is 10.8. The summed E-state index contributed by atoms with van der Waals surface area (Å²) in [6.07, 6.45) is 4.31. The number of likely N-dealkylation sites (N-methyl/N-ethyl adjacent to an activating group) is 1. The fraction of sp³-hybridized carbons (Fsp3) is 0.414. The molecular weight excluding hydrogens is 478 g/mol. The van der Waals surface area contributed by atoms with E-state index in [0.717, 1.165) is 60.8 Å². The van der Waals surface area contributed by atoms with Crippen LogP contribution in [0.15, 0.2) is 71.8 Å². The first kappa shape index (κ1) is 27.3. The Balaban J connectivity index is 1.59. The lowest BCUT2D eigenvalue weighted by atomic mass is 9.96. The molecule has 9 heteroatoms. The third kappa shape index (κ3) is 6.59. The molecule has 38 heavy (non-hydrogen) atoms. The number of nitrogens with one attached hydrogen (secondary N) is 1. The normalized spacial score (nSPS) is 16.3. The van der Waals surface area contributed by atoms with Gasteiger partial charge in [-0.3, -0.25) is 9.78 Å². The van der Waals surface area contributed by atoms with E-state index >= 15 is 0 Å². The number of aromatic nitrogens is 1. The van der Waals surface area contributed by atoms with Crippen molar-refractivity contribution in [1.82, 2.24) is 20.1 Å². The van der Waals surface area contributed by atoms with Crippen LogP contribution in [0.3, 0.4) is 0 Å². The van der Waals surface area contributed by atoms with Crippen molar-refractivity contribution in [2.45, 2.75) is 20.3 Å². The Morgan fingerprint density at radius 3 is 2.55 bits per heavy atom. The zero-order chi connectivity index (χ0) is 26.9. The van der Waals surface area contributed by atoms with Crippen molar-refractivity contribution in [3.8, 4) is 0 Å². The lowest BCUT2D eigenvalue weighted by Gasteiger charge is -2.28. The fourth-order valence-electron chi connectivity index (χ4n) is 4.76. The second-order valence-electron chi connectivity index (χ2n) is 9.32. The molecule has 2 aliphatic rings. The van der Waals surface area contributed by atoms with E-state index in [9.17, 15) is 4.79 Å². The number of carbonyl (C=O) groups is 1. The molecule has 0 bridgehead atoms. The molecule has 0 unspecified atom stereocenters. The molecule has 1 fully saturated rings. The van der Waals surface area contributed by atoms with E-state index in [-0.39, 0.29) is 5.91 Å². The maximum atomic E-state index is 12.9. The summed E-state index contributed by atoms with van der Waals surface area (Å²) in [5.74, 6) is 1.16. The van der Waals surface area contributed by atoms with Crippen LogP contribution in [0.4, 0.5) is 5.69 Å². The standard InChI is InChI=1S/C29H39N7O2/c1-4-34(5-2)16-14-32-28(37)24-8-6-7-23(21-24)22(3)26-11-15-36(25-9-12-31-13-10-25)27(26)33-29(30)35-17-19-38-20-18-35/h6-10,12-13,21H,3-5,11,14-20H2,1-2H3,(H2,30,33)(H,32,37). The molecule has 3 N–H and O–H groups in total. The largest absolute Gasteiger partial charge is 0.378 e. The first-order valence-corrected chi connectivity index (χ1v) is 13.4. The zero-order valence-corrected chi connectivity index (χ0v) is 22.5. The van der Waals surface area contributed by atoms with E-state index in [1.165, 1.54) is 0 Å². The molecule has 0 spiro atoms. The number of morpholine rings is 1. The molecule has 9 nitrogen and oxygen atoms in total. The van der Waals surface area contributed by atoms with Crippen LogP contribution in [0.5, 0.6) is 0 Å². The molecule has 0 radical (unpaired) electrons. The van der Waals surface area contributed by atoms with Crippen molar-refractivity contribution in [3.63, 3.8) is 0 Å². The second kappa shape index (κ2) is 13.2. The minimum absolute atomic E-state index is 0.0829. The number of hydrogen-bond donors (Lipinski definition) is 2. The number of guanidine groups is 1. The molecular formula is C29H39N7O2. The predicted molar refractivity (Wildman–Crippen MR) is 153 cm³/mol. The Morgan fingerprint density at radius 1 is 1.13 bits per heavy atom. The van der Waals surface area contributed by atoms with E-state index < -0.39 is 0 Å². The van der Waals surface area contributed by atoms with E-state index in [1.807, 2.05) is 41.3 Å². The molecule has 1 aromatic carbocycles. The van der Waals surface area contributed by atoms with E-state index in [4.69, 9.17) is 15.5 Å². The van der Waals surface area contributed by atoms with Crippen LogP contribution in [-0.4, -0.2) is 85.7 Å². The van der Waals surface area contributed by atoms with Gasteiger partial charge >= 0.3 is 0 Å². The average Bonchev–Trinajstić information content (AvgIpc) is 3.39. The van der Waals surface area contributed by atoms with Gasteiger partial charge in [-0.1, -0.05) is 32.6 Å². The van der Waals surface area contributed by atoms with Gasteiger partial charge in [-0.2, -0.15) is 4.99 Å². The van der Waals surface area contributed by atoms with Gasteiger partial charge < -0.3 is 30.5 Å². The highest BCUT2D eigenvalue weighted by Gasteiger charge is 2.27. The van der Waals surface area contributed by atoms with Crippen molar-refractivity contribution in [1.29, 1.82) is 0 Å². The van der Waals surface area contributed by atoms with Gasteiger partial charge in [-0.05, 0) is 54.9 Å². The number of hydrogen-bond acceptors (Lipinski definition) is 6. The minimum Gasteiger partial charge on any atom is -0.378 e. The first-order chi connectivity index (χ1) is 18.5. The maximum absolute atomic E-state index is 12.9. The first-order valence-electron chi connectivity index (χ1n) is 13.4. The van der Waals surface area contributed by atoms with Gasteiger partial charge in [0.25, 0.3) is 5.91 Å². The third-order valence-electron chi connectivity index (χ3n) is 7.09. The minimum atomic E-state index is -0.0829. The van der Waals surface area contributed by atoms with Crippen LogP contribution in [0.2, 0.25) is 0 Å². The maximum Gasteiger partial charge on any atom is 0.251 e. The summed E-state index contributed by atoms with van der Waals surface area (Å²) < 4.78 is 5.47. The van der Waals surface area contributed by atoms with E-state index in [2.05, 4.69) is 40.5 Å². The summed E-state index contributed by atoms with van der Waals surface area (Å²) in [6.45, 7) is 15.5. The van der Waals surface area contributed by atoms with Crippen LogP contribution in [0.1, 0.15) is 36.2 Å². The number of anilines is 1. The molecule has 0 saturated carbocycles. The molecule has 3 heterocycles. The molecule has 4 rings (SSSR count). The molecule has 0 atom stereocenters. The van der Waals surface area contributed by atoms with Crippen molar-refractivity contribution in [2.75, 3.05) is 63.9 Å².